The topological polar surface area (TPSA) is 36.5 Å². The summed E-state index contributed by atoms with van der Waals surface area (Å²) in [5, 5.41) is 6.83. The fraction of sp³-hybridized carbons (Fsp3) is 1.00. The van der Waals surface area contributed by atoms with E-state index >= 15 is 0 Å². The van der Waals surface area contributed by atoms with E-state index in [1.54, 1.807) is 7.11 Å². The van der Waals surface area contributed by atoms with E-state index in [9.17, 15) is 0 Å². The van der Waals surface area contributed by atoms with Crippen molar-refractivity contribution in [3.8, 4) is 0 Å². The first kappa shape index (κ1) is 13.9. The van der Waals surface area contributed by atoms with Crippen LogP contribution in [0.15, 0.2) is 0 Å². The molecule has 0 amide bonds. The minimum atomic E-state index is 0.869. The molecule has 0 aromatic rings. The third kappa shape index (κ3) is 7.17. The lowest BCUT2D eigenvalue weighted by atomic mass is 10.2. The summed E-state index contributed by atoms with van der Waals surface area (Å²) in [6.45, 7) is 9.14. The van der Waals surface area contributed by atoms with Gasteiger partial charge in [-0.3, -0.25) is 0 Å². The van der Waals surface area contributed by atoms with E-state index in [1.165, 1.54) is 32.5 Å². The molecule has 0 aliphatic carbocycles. The average Bonchev–Trinajstić information content (AvgIpc) is 2.34. The fourth-order valence-electron chi connectivity index (χ4n) is 1.99. The van der Waals surface area contributed by atoms with Crippen LogP contribution >= 0.6 is 0 Å². The number of unbranched alkanes of at least 4 members (excludes halogenated alkanes) is 1. The monoisotopic (exact) mass is 229 g/mol. The lowest BCUT2D eigenvalue weighted by molar-refractivity contribution is 0.194. The maximum Gasteiger partial charge on any atom is 0.0474 e. The predicted molar refractivity (Wildman–Crippen MR) is 67.9 cm³/mol. The Morgan fingerprint density at radius 3 is 2.62 bits per heavy atom. The number of hydrogen-bond donors (Lipinski definition) is 2. The van der Waals surface area contributed by atoms with E-state index in [0.717, 1.165) is 39.2 Å². The van der Waals surface area contributed by atoms with Crippen LogP contribution in [0.2, 0.25) is 0 Å². The van der Waals surface area contributed by atoms with Crippen molar-refractivity contribution in [2.45, 2.75) is 19.3 Å². The Kier molecular flexibility index (Phi) is 8.71. The van der Waals surface area contributed by atoms with E-state index in [4.69, 9.17) is 4.74 Å². The maximum atomic E-state index is 5.00. The molecular weight excluding hydrogens is 202 g/mol. The zero-order valence-corrected chi connectivity index (χ0v) is 10.6. The maximum absolute atomic E-state index is 5.00. The van der Waals surface area contributed by atoms with E-state index in [2.05, 4.69) is 15.5 Å². The van der Waals surface area contributed by atoms with Crippen molar-refractivity contribution < 1.29 is 4.74 Å². The van der Waals surface area contributed by atoms with Crippen LogP contribution < -0.4 is 10.6 Å². The van der Waals surface area contributed by atoms with Gasteiger partial charge >= 0.3 is 0 Å². The molecule has 1 aliphatic heterocycles. The number of piperazine rings is 1. The van der Waals surface area contributed by atoms with Crippen molar-refractivity contribution in [3.63, 3.8) is 0 Å². The normalized spacial score (nSPS) is 17.8. The molecule has 0 unspecified atom stereocenters. The second-order valence-electron chi connectivity index (χ2n) is 4.40. The Labute approximate surface area is 99.7 Å². The molecule has 0 aromatic carbocycles. The van der Waals surface area contributed by atoms with Crippen molar-refractivity contribution >= 4 is 0 Å². The molecule has 0 atom stereocenters. The molecule has 96 valence electrons. The molecule has 4 heteroatoms. The highest BCUT2D eigenvalue weighted by Crippen LogP contribution is 1.96. The summed E-state index contributed by atoms with van der Waals surface area (Å²) in [6, 6.07) is 0. The molecule has 0 aromatic heterocycles. The van der Waals surface area contributed by atoms with Gasteiger partial charge in [0.25, 0.3) is 0 Å². The molecule has 0 radical (unpaired) electrons. The highest BCUT2D eigenvalue weighted by molar-refractivity contribution is 4.67. The number of nitrogens with one attached hydrogen (secondary N) is 2. The van der Waals surface area contributed by atoms with Crippen LogP contribution in [-0.4, -0.2) is 64.4 Å². The molecular formula is C12H27N3O. The first-order valence-electron chi connectivity index (χ1n) is 6.56. The van der Waals surface area contributed by atoms with Crippen molar-refractivity contribution in [1.82, 2.24) is 15.5 Å². The zero-order valence-electron chi connectivity index (χ0n) is 10.6. The average molecular weight is 229 g/mol. The molecule has 1 heterocycles. The van der Waals surface area contributed by atoms with Gasteiger partial charge in [-0.25, -0.2) is 0 Å². The molecule has 0 spiro atoms. The number of rotatable bonds is 9. The second-order valence-corrected chi connectivity index (χ2v) is 4.40. The highest BCUT2D eigenvalue weighted by Gasteiger charge is 2.07. The van der Waals surface area contributed by atoms with E-state index in [1.807, 2.05) is 0 Å². The van der Waals surface area contributed by atoms with Gasteiger partial charge in [0.2, 0.25) is 0 Å². The minimum absolute atomic E-state index is 0.869. The summed E-state index contributed by atoms with van der Waals surface area (Å²) in [7, 11) is 1.76. The summed E-state index contributed by atoms with van der Waals surface area (Å²) in [6.07, 6.45) is 3.72. The highest BCUT2D eigenvalue weighted by atomic mass is 16.5. The minimum Gasteiger partial charge on any atom is -0.385 e. The summed E-state index contributed by atoms with van der Waals surface area (Å²) in [4.78, 5) is 2.56. The molecule has 1 rings (SSSR count). The Hall–Kier alpha value is -0.160. The van der Waals surface area contributed by atoms with Crippen LogP contribution in [0.5, 0.6) is 0 Å². The third-order valence-corrected chi connectivity index (χ3v) is 2.99. The van der Waals surface area contributed by atoms with Crippen molar-refractivity contribution in [3.05, 3.63) is 0 Å². The van der Waals surface area contributed by atoms with Gasteiger partial charge in [-0.1, -0.05) is 0 Å². The molecule has 0 saturated carbocycles. The SMILES string of the molecule is COCCCNCCCCN1CCNCC1. The van der Waals surface area contributed by atoms with E-state index < -0.39 is 0 Å². The van der Waals surface area contributed by atoms with Crippen LogP contribution in [0, 0.1) is 0 Å². The number of methoxy groups -OCH3 is 1. The van der Waals surface area contributed by atoms with Gasteiger partial charge in [-0.2, -0.15) is 0 Å². The fourth-order valence-corrected chi connectivity index (χ4v) is 1.99. The Balaban J connectivity index is 1.77. The largest absolute Gasteiger partial charge is 0.385 e. The molecule has 2 N–H and O–H groups in total. The second kappa shape index (κ2) is 10.0. The van der Waals surface area contributed by atoms with Gasteiger partial charge in [-0.15, -0.1) is 0 Å². The predicted octanol–water partition coefficient (Wildman–Crippen LogP) is 0.298. The quantitative estimate of drug-likeness (QED) is 0.558. The Bertz CT molecular complexity index is 149. The van der Waals surface area contributed by atoms with Gasteiger partial charge in [0, 0.05) is 39.9 Å². The van der Waals surface area contributed by atoms with Crippen molar-refractivity contribution in [1.29, 1.82) is 0 Å². The molecule has 4 nitrogen and oxygen atoms in total. The van der Waals surface area contributed by atoms with Gasteiger partial charge < -0.3 is 20.3 Å². The molecule has 16 heavy (non-hydrogen) atoms. The van der Waals surface area contributed by atoms with Crippen LogP contribution in [0.25, 0.3) is 0 Å². The summed E-state index contributed by atoms with van der Waals surface area (Å²) in [5.74, 6) is 0. The Morgan fingerprint density at radius 1 is 1.12 bits per heavy atom. The molecule has 0 bridgehead atoms. The summed E-state index contributed by atoms with van der Waals surface area (Å²) in [5.41, 5.74) is 0. The molecule has 1 aliphatic rings. The van der Waals surface area contributed by atoms with Crippen molar-refractivity contribution in [2.24, 2.45) is 0 Å². The van der Waals surface area contributed by atoms with Crippen LogP contribution in [-0.2, 0) is 4.74 Å². The van der Waals surface area contributed by atoms with Gasteiger partial charge in [0.15, 0.2) is 0 Å². The third-order valence-electron chi connectivity index (χ3n) is 2.99. The number of hydrogen-bond acceptors (Lipinski definition) is 4. The number of nitrogens with zero attached hydrogens (tertiary/aromatic N) is 1. The van der Waals surface area contributed by atoms with Crippen molar-refractivity contribution in [2.75, 3.05) is 59.5 Å². The Morgan fingerprint density at radius 2 is 1.88 bits per heavy atom. The first-order chi connectivity index (χ1) is 7.93. The van der Waals surface area contributed by atoms with Crippen LogP contribution in [0.4, 0.5) is 0 Å². The van der Waals surface area contributed by atoms with Gasteiger partial charge in [0.1, 0.15) is 0 Å². The summed E-state index contributed by atoms with van der Waals surface area (Å²) < 4.78 is 5.00. The van der Waals surface area contributed by atoms with Crippen LogP contribution in [0.3, 0.4) is 0 Å². The first-order valence-corrected chi connectivity index (χ1v) is 6.56. The van der Waals surface area contributed by atoms with Gasteiger partial charge in [0.05, 0.1) is 0 Å². The summed E-state index contributed by atoms with van der Waals surface area (Å²) >= 11 is 0. The van der Waals surface area contributed by atoms with Crippen LogP contribution in [0.1, 0.15) is 19.3 Å². The molecule has 1 saturated heterocycles. The standard InChI is InChI=1S/C12H27N3O/c1-16-12-4-6-13-5-2-3-9-15-10-7-14-8-11-15/h13-14H,2-12H2,1H3. The zero-order chi connectivity index (χ0) is 11.5. The molecule has 1 fully saturated rings. The lowest BCUT2D eigenvalue weighted by Gasteiger charge is -2.27. The smallest absolute Gasteiger partial charge is 0.0474 e. The lowest BCUT2D eigenvalue weighted by Crippen LogP contribution is -2.43. The van der Waals surface area contributed by atoms with Gasteiger partial charge in [-0.05, 0) is 38.9 Å². The van der Waals surface area contributed by atoms with E-state index in [-0.39, 0.29) is 0 Å². The van der Waals surface area contributed by atoms with E-state index in [0.29, 0.717) is 0 Å². The number of ether oxygens (including phenoxy) is 1.